The Morgan fingerprint density at radius 2 is 1.37 bits per heavy atom. The van der Waals surface area contributed by atoms with Crippen LogP contribution in [0.15, 0.2) is 66.4 Å². The van der Waals surface area contributed by atoms with Crippen molar-refractivity contribution in [1.29, 1.82) is 0 Å². The SMILES string of the molecule is O=C(/C=C/c1ccc(O)c(O)c1)OC[C@H]1O[C@@H](OC2=Cc3c(O[C@@H]4O[C@H](CO)[C@@H](O)[C@H](O)[C@H]4O)cc(O)cc3[OH+]C2c2ccc(O)cc2)[C@H](O)[C@H](O)[C@@H]1O. The summed E-state index contributed by atoms with van der Waals surface area (Å²) in [7, 11) is 0. The first-order valence-electron chi connectivity index (χ1n) is 16.5. The highest BCUT2D eigenvalue weighted by Gasteiger charge is 2.48. The molecule has 12 N–H and O–H groups in total. The number of esters is 1. The van der Waals surface area contributed by atoms with Crippen LogP contribution >= 0.6 is 0 Å². The summed E-state index contributed by atoms with van der Waals surface area (Å²) in [6, 6.07) is 12.1. The molecule has 0 spiro atoms. The maximum absolute atomic E-state index is 12.5. The molecule has 18 nitrogen and oxygen atoms in total. The number of carbonyl (C=O) groups excluding carboxylic acids is 1. The molecular formula is C36H39O18+. The van der Waals surface area contributed by atoms with Crippen LogP contribution in [0.4, 0.5) is 0 Å². The van der Waals surface area contributed by atoms with Crippen molar-refractivity contribution in [2.24, 2.45) is 0 Å². The van der Waals surface area contributed by atoms with E-state index in [0.29, 0.717) is 11.1 Å². The largest absolute Gasteiger partial charge is 0.571 e. The molecular weight excluding hydrogens is 720 g/mol. The number of rotatable bonds is 10. The topological polar surface area (TPSA) is 299 Å². The Morgan fingerprint density at radius 3 is 2.04 bits per heavy atom. The van der Waals surface area contributed by atoms with Gasteiger partial charge in [-0.1, -0.05) is 6.07 Å². The first-order chi connectivity index (χ1) is 25.7. The molecule has 0 radical (unpaired) electrons. The summed E-state index contributed by atoms with van der Waals surface area (Å²) in [5, 5.41) is 113. The number of aromatic hydroxyl groups is 5. The minimum absolute atomic E-state index is 0.0546. The summed E-state index contributed by atoms with van der Waals surface area (Å²) >= 11 is 0. The summed E-state index contributed by atoms with van der Waals surface area (Å²) in [6.07, 6.45) is -14.1. The first-order valence-corrected chi connectivity index (χ1v) is 16.5. The molecule has 2 fully saturated rings. The van der Waals surface area contributed by atoms with E-state index in [1.165, 1.54) is 60.7 Å². The van der Waals surface area contributed by atoms with Gasteiger partial charge >= 0.3 is 5.97 Å². The van der Waals surface area contributed by atoms with Crippen LogP contribution < -0.4 is 4.74 Å². The maximum Gasteiger partial charge on any atom is 0.330 e. The molecule has 3 aromatic rings. The van der Waals surface area contributed by atoms with Gasteiger partial charge in [0.1, 0.15) is 78.3 Å². The zero-order valence-corrected chi connectivity index (χ0v) is 28.0. The molecule has 18 heteroatoms. The Bertz CT molecular complexity index is 1860. The lowest BCUT2D eigenvalue weighted by atomic mass is 9.98. The number of aliphatic hydroxyl groups excluding tert-OH is 7. The second-order valence-electron chi connectivity index (χ2n) is 12.7. The van der Waals surface area contributed by atoms with Gasteiger partial charge in [0, 0.05) is 18.2 Å². The predicted octanol–water partition coefficient (Wildman–Crippen LogP) is -0.894. The van der Waals surface area contributed by atoms with Crippen molar-refractivity contribution in [3.63, 3.8) is 0 Å². The molecule has 11 atom stereocenters. The number of benzene rings is 3. The van der Waals surface area contributed by atoms with Crippen LogP contribution in [-0.2, 0) is 23.7 Å². The van der Waals surface area contributed by atoms with E-state index in [9.17, 15) is 61.0 Å². The number of carbonyl (C=O) groups is 1. The van der Waals surface area contributed by atoms with Gasteiger partial charge in [0.05, 0.1) is 18.2 Å². The molecule has 3 aliphatic rings. The van der Waals surface area contributed by atoms with Crippen molar-refractivity contribution >= 4 is 18.1 Å². The molecule has 0 amide bonds. The number of phenolic OH excluding ortho intramolecular Hbond substituents is 4. The summed E-state index contributed by atoms with van der Waals surface area (Å²) in [5.74, 6) is -2.15. The molecule has 0 saturated carbocycles. The lowest BCUT2D eigenvalue weighted by molar-refractivity contribution is -0.296. The van der Waals surface area contributed by atoms with E-state index in [1.54, 1.807) is 0 Å². The molecule has 0 aliphatic carbocycles. The molecule has 3 aromatic carbocycles. The summed E-state index contributed by atoms with van der Waals surface area (Å²) in [4.78, 5) is 12.5. The Morgan fingerprint density at radius 1 is 0.722 bits per heavy atom. The van der Waals surface area contributed by atoms with Crippen molar-refractivity contribution in [3.05, 3.63) is 83.1 Å². The van der Waals surface area contributed by atoms with E-state index in [2.05, 4.69) is 4.74 Å². The quantitative estimate of drug-likeness (QED) is 0.0517. The van der Waals surface area contributed by atoms with Gasteiger partial charge in [0.15, 0.2) is 17.3 Å². The highest BCUT2D eigenvalue weighted by Crippen LogP contribution is 2.46. The van der Waals surface area contributed by atoms with Crippen LogP contribution in [0.1, 0.15) is 22.8 Å². The number of fused-ring (bicyclic) bond motifs is 1. The summed E-state index contributed by atoms with van der Waals surface area (Å²) in [6.45, 7) is -1.34. The lowest BCUT2D eigenvalue weighted by Gasteiger charge is -2.41. The van der Waals surface area contributed by atoms with E-state index in [4.69, 9.17) is 23.7 Å². The smallest absolute Gasteiger partial charge is 0.330 e. The Kier molecular flexibility index (Phi) is 11.5. The Labute approximate surface area is 305 Å². The van der Waals surface area contributed by atoms with Gasteiger partial charge in [0.25, 0.3) is 11.9 Å². The van der Waals surface area contributed by atoms with Gasteiger partial charge in [-0.3, -0.25) is 0 Å². The molecule has 290 valence electrons. The first kappa shape index (κ1) is 38.6. The fraction of sp³-hybridized carbons (Fsp3) is 0.361. The van der Waals surface area contributed by atoms with Crippen molar-refractivity contribution < 1.29 is 89.4 Å². The molecule has 3 aliphatic heterocycles. The van der Waals surface area contributed by atoms with Crippen molar-refractivity contribution in [1.82, 2.24) is 0 Å². The van der Waals surface area contributed by atoms with E-state index in [1.807, 2.05) is 0 Å². The van der Waals surface area contributed by atoms with Crippen LogP contribution in [0.2, 0.25) is 0 Å². The van der Waals surface area contributed by atoms with Gasteiger partial charge in [0.2, 0.25) is 12.6 Å². The van der Waals surface area contributed by atoms with Crippen LogP contribution in [0.25, 0.3) is 12.2 Å². The normalized spacial score (nSPS) is 30.9. The highest BCUT2D eigenvalue weighted by molar-refractivity contribution is 5.87. The second-order valence-corrected chi connectivity index (χ2v) is 12.7. The van der Waals surface area contributed by atoms with Gasteiger partial charge in [-0.2, -0.15) is 0 Å². The number of hydrogen-bond donors (Lipinski definition) is 11. The zero-order valence-electron chi connectivity index (χ0n) is 28.0. The number of phenols is 4. The Balaban J connectivity index is 1.26. The van der Waals surface area contributed by atoms with E-state index >= 15 is 0 Å². The standard InChI is InChI=1S/C36H38O18/c37-13-25-28(43)30(45)32(47)35(53-25)51-23-11-18(39)10-22-19(23)12-24(34(50-22)16-3-5-17(38)6-4-16)52-36-33(48)31(46)29(44)26(54-36)14-49-27(42)8-2-15-1-7-20(40)21(41)9-15/h1-12,25-26,28-41,43-48H,13-14H2/p+1/b8-2+/t25-,26-,28-,29-,30+,31-,32-,33-,34?,35-,36-/m1/s1. The fourth-order valence-corrected chi connectivity index (χ4v) is 5.96. The fourth-order valence-electron chi connectivity index (χ4n) is 5.96. The van der Waals surface area contributed by atoms with Crippen molar-refractivity contribution in [2.45, 2.75) is 67.5 Å². The van der Waals surface area contributed by atoms with Crippen LogP contribution in [0.3, 0.4) is 0 Å². The summed E-state index contributed by atoms with van der Waals surface area (Å²) in [5.41, 5.74) is 0.922. The molecule has 0 aromatic heterocycles. The van der Waals surface area contributed by atoms with E-state index in [0.717, 1.165) is 12.1 Å². The van der Waals surface area contributed by atoms with Gasteiger partial charge < -0.3 is 84.6 Å². The highest BCUT2D eigenvalue weighted by atomic mass is 16.7. The van der Waals surface area contributed by atoms with Gasteiger partial charge in [-0.15, -0.1) is 0 Å². The Hall–Kier alpha value is -5.15. The average Bonchev–Trinajstić information content (AvgIpc) is 3.15. The van der Waals surface area contributed by atoms with Gasteiger partial charge in [-0.25, -0.2) is 4.79 Å². The third-order valence-electron chi connectivity index (χ3n) is 8.95. The maximum atomic E-state index is 12.5. The van der Waals surface area contributed by atoms with Crippen molar-refractivity contribution in [3.8, 4) is 34.5 Å². The molecule has 54 heavy (non-hydrogen) atoms. The lowest BCUT2D eigenvalue weighted by Crippen LogP contribution is -2.60. The van der Waals surface area contributed by atoms with Crippen LogP contribution in [-0.4, -0.2) is 142 Å². The predicted molar refractivity (Wildman–Crippen MR) is 181 cm³/mol. The third kappa shape index (κ3) is 8.16. The number of ether oxygens (including phenoxy) is 6. The minimum atomic E-state index is -1.86. The number of hydrogen-bond acceptors (Lipinski definition) is 17. The molecule has 6 rings (SSSR count). The molecule has 2 saturated heterocycles. The number of aliphatic hydroxyl groups is 8. The monoisotopic (exact) mass is 759 g/mol. The van der Waals surface area contributed by atoms with E-state index < -0.39 is 92.4 Å². The third-order valence-corrected chi connectivity index (χ3v) is 8.95. The second kappa shape index (κ2) is 16.1. The minimum Gasteiger partial charge on any atom is -0.571 e. The van der Waals surface area contributed by atoms with Crippen LogP contribution in [0.5, 0.6) is 34.5 Å². The molecule has 3 heterocycles. The van der Waals surface area contributed by atoms with Crippen molar-refractivity contribution in [2.75, 3.05) is 13.2 Å². The van der Waals surface area contributed by atoms with E-state index in [-0.39, 0.29) is 40.1 Å². The molecule has 1 unspecified atom stereocenters. The molecule has 0 bridgehead atoms. The van der Waals surface area contributed by atoms with Crippen LogP contribution in [0, 0.1) is 0 Å². The average molecular weight is 760 g/mol. The van der Waals surface area contributed by atoms with Gasteiger partial charge in [-0.05, 0) is 48.0 Å². The zero-order chi connectivity index (χ0) is 38.8. The summed E-state index contributed by atoms with van der Waals surface area (Å²) < 4.78 is 33.0.